The molecule has 3 aromatic rings. The first-order chi connectivity index (χ1) is 16.6. The van der Waals surface area contributed by atoms with Crippen molar-refractivity contribution in [1.82, 2.24) is 24.5 Å². The van der Waals surface area contributed by atoms with Crippen molar-refractivity contribution in [2.24, 2.45) is 5.92 Å². The van der Waals surface area contributed by atoms with Gasteiger partial charge >= 0.3 is 0 Å². The van der Waals surface area contributed by atoms with Gasteiger partial charge in [-0.1, -0.05) is 6.07 Å². The smallest absolute Gasteiger partial charge is 0.281 e. The molecule has 0 unspecified atom stereocenters. The molecule has 11 nitrogen and oxygen atoms in total. The Hall–Kier alpha value is -3.67. The maximum absolute atomic E-state index is 13.3. The number of sulfonamides is 1. The average molecular weight is 498 g/mol. The van der Waals surface area contributed by atoms with Crippen LogP contribution in [0.1, 0.15) is 43.5 Å². The Morgan fingerprint density at radius 1 is 1.14 bits per heavy atom. The normalized spacial score (nSPS) is 21.3. The summed E-state index contributed by atoms with van der Waals surface area (Å²) in [5.74, 6) is 0.629. The zero-order valence-corrected chi connectivity index (χ0v) is 20.3. The van der Waals surface area contributed by atoms with Crippen molar-refractivity contribution in [3.63, 3.8) is 0 Å². The molecular formula is C23H27N7O4S. The van der Waals surface area contributed by atoms with Gasteiger partial charge in [-0.25, -0.2) is 19.4 Å². The SMILES string of the molecule is CC1(C)C[C@@H]2CCCNc3cccc(n3)S(=O)(=O)NC(=O)c3ccc(-n4ccc(O)n4)nc3N1C2. The zero-order valence-electron chi connectivity index (χ0n) is 19.5. The summed E-state index contributed by atoms with van der Waals surface area (Å²) >= 11 is 0. The quantitative estimate of drug-likeness (QED) is 0.461. The summed E-state index contributed by atoms with van der Waals surface area (Å²) in [5, 5.41) is 16.6. The van der Waals surface area contributed by atoms with Crippen LogP contribution in [0.4, 0.5) is 11.6 Å². The number of hydrogen-bond acceptors (Lipinski definition) is 9. The molecule has 1 saturated heterocycles. The van der Waals surface area contributed by atoms with Crippen molar-refractivity contribution in [1.29, 1.82) is 0 Å². The molecule has 1 atom stereocenters. The lowest BCUT2D eigenvalue weighted by Crippen LogP contribution is -2.41. The van der Waals surface area contributed by atoms with Gasteiger partial charge in [-0.05, 0) is 63.3 Å². The van der Waals surface area contributed by atoms with Gasteiger partial charge in [0.25, 0.3) is 15.9 Å². The van der Waals surface area contributed by atoms with E-state index < -0.39 is 15.9 Å². The molecule has 35 heavy (non-hydrogen) atoms. The molecule has 184 valence electrons. The predicted molar refractivity (Wildman–Crippen MR) is 129 cm³/mol. The number of pyridine rings is 2. The molecule has 0 saturated carbocycles. The van der Waals surface area contributed by atoms with E-state index in [-0.39, 0.29) is 22.0 Å². The van der Waals surface area contributed by atoms with Gasteiger partial charge in [-0.3, -0.25) is 4.79 Å². The Kier molecular flexibility index (Phi) is 5.62. The largest absolute Gasteiger partial charge is 0.492 e. The lowest BCUT2D eigenvalue weighted by Gasteiger charge is -2.34. The van der Waals surface area contributed by atoms with Crippen molar-refractivity contribution >= 4 is 27.6 Å². The molecule has 2 aliphatic heterocycles. The van der Waals surface area contributed by atoms with Crippen LogP contribution in [-0.2, 0) is 10.0 Å². The fourth-order valence-electron chi connectivity index (χ4n) is 4.84. The number of fused-ring (bicyclic) bond motifs is 6. The minimum absolute atomic E-state index is 0.131. The lowest BCUT2D eigenvalue weighted by atomic mass is 9.93. The second-order valence-corrected chi connectivity index (χ2v) is 11.1. The van der Waals surface area contributed by atoms with Crippen LogP contribution in [0.25, 0.3) is 5.82 Å². The summed E-state index contributed by atoms with van der Waals surface area (Å²) in [4.78, 5) is 24.3. The van der Waals surface area contributed by atoms with Gasteiger partial charge in [0.1, 0.15) is 11.6 Å². The van der Waals surface area contributed by atoms with Gasteiger partial charge in [-0.15, -0.1) is 5.10 Å². The number of carbonyl (C=O) groups is 1. The van der Waals surface area contributed by atoms with E-state index in [4.69, 9.17) is 4.98 Å². The number of amides is 1. The Labute approximate surface area is 203 Å². The topological polar surface area (TPSA) is 142 Å². The molecule has 0 spiro atoms. The molecule has 0 aromatic carbocycles. The molecule has 5 rings (SSSR count). The first kappa shape index (κ1) is 23.1. The summed E-state index contributed by atoms with van der Waals surface area (Å²) in [6.45, 7) is 5.51. The fourth-order valence-corrected chi connectivity index (χ4v) is 5.78. The highest BCUT2D eigenvalue weighted by Gasteiger charge is 2.41. The Bertz CT molecular complexity index is 1390. The Morgan fingerprint density at radius 3 is 2.74 bits per heavy atom. The van der Waals surface area contributed by atoms with E-state index >= 15 is 0 Å². The van der Waals surface area contributed by atoms with Crippen LogP contribution in [0.3, 0.4) is 0 Å². The Morgan fingerprint density at radius 2 is 1.97 bits per heavy atom. The van der Waals surface area contributed by atoms with E-state index in [9.17, 15) is 18.3 Å². The molecule has 3 N–H and O–H groups in total. The molecular weight excluding hydrogens is 470 g/mol. The van der Waals surface area contributed by atoms with Crippen LogP contribution < -0.4 is 14.9 Å². The second kappa shape index (κ2) is 8.52. The maximum atomic E-state index is 13.3. The van der Waals surface area contributed by atoms with Gasteiger partial charge in [-0.2, -0.15) is 8.42 Å². The van der Waals surface area contributed by atoms with Crippen LogP contribution >= 0.6 is 0 Å². The van der Waals surface area contributed by atoms with E-state index in [1.165, 1.54) is 22.9 Å². The summed E-state index contributed by atoms with van der Waals surface area (Å²) < 4.78 is 29.6. The molecule has 5 heterocycles. The number of aromatic nitrogens is 4. The zero-order chi connectivity index (χ0) is 24.8. The number of nitrogens with one attached hydrogen (secondary N) is 2. The van der Waals surface area contributed by atoms with E-state index in [1.807, 2.05) is 0 Å². The first-order valence-electron chi connectivity index (χ1n) is 11.4. The number of aromatic hydroxyl groups is 1. The van der Waals surface area contributed by atoms with E-state index in [1.54, 1.807) is 24.4 Å². The van der Waals surface area contributed by atoms with Crippen molar-refractivity contribution < 1.29 is 18.3 Å². The molecule has 4 bridgehead atoms. The van der Waals surface area contributed by atoms with Crippen LogP contribution in [0.2, 0.25) is 0 Å². The Balaban J connectivity index is 1.62. The monoisotopic (exact) mass is 497 g/mol. The van der Waals surface area contributed by atoms with Gasteiger partial charge in [0.2, 0.25) is 5.88 Å². The highest BCUT2D eigenvalue weighted by atomic mass is 32.2. The second-order valence-electron chi connectivity index (χ2n) is 9.52. The van der Waals surface area contributed by atoms with Gasteiger partial charge < -0.3 is 15.3 Å². The van der Waals surface area contributed by atoms with Crippen molar-refractivity contribution in [2.75, 3.05) is 23.3 Å². The summed E-state index contributed by atoms with van der Waals surface area (Å²) in [6.07, 6.45) is 4.30. The fraction of sp³-hybridized carbons (Fsp3) is 0.391. The van der Waals surface area contributed by atoms with Gasteiger partial charge in [0.15, 0.2) is 10.8 Å². The van der Waals surface area contributed by atoms with E-state index in [0.717, 1.165) is 19.3 Å². The third kappa shape index (κ3) is 4.53. The lowest BCUT2D eigenvalue weighted by molar-refractivity contribution is 0.0981. The third-order valence-electron chi connectivity index (χ3n) is 6.45. The predicted octanol–water partition coefficient (Wildman–Crippen LogP) is 2.30. The van der Waals surface area contributed by atoms with Crippen molar-refractivity contribution in [3.05, 3.63) is 48.2 Å². The number of carbonyl (C=O) groups excluding carboxylic acids is 1. The van der Waals surface area contributed by atoms with Gasteiger partial charge in [0.05, 0.1) is 5.56 Å². The van der Waals surface area contributed by atoms with Crippen molar-refractivity contribution in [3.8, 4) is 11.7 Å². The first-order valence-corrected chi connectivity index (χ1v) is 12.9. The number of nitrogens with zero attached hydrogens (tertiary/aromatic N) is 5. The van der Waals surface area contributed by atoms with E-state index in [2.05, 4.69) is 38.9 Å². The molecule has 0 radical (unpaired) electrons. The highest BCUT2D eigenvalue weighted by molar-refractivity contribution is 7.90. The minimum Gasteiger partial charge on any atom is -0.492 e. The maximum Gasteiger partial charge on any atom is 0.281 e. The summed E-state index contributed by atoms with van der Waals surface area (Å²) in [7, 11) is -4.22. The molecule has 1 fully saturated rings. The molecule has 1 amide bonds. The summed E-state index contributed by atoms with van der Waals surface area (Å²) in [5.41, 5.74) is -0.182. The minimum atomic E-state index is -4.22. The molecule has 3 aromatic heterocycles. The third-order valence-corrected chi connectivity index (χ3v) is 7.68. The van der Waals surface area contributed by atoms with Crippen LogP contribution in [0.15, 0.2) is 47.6 Å². The highest BCUT2D eigenvalue weighted by Crippen LogP contribution is 2.39. The summed E-state index contributed by atoms with van der Waals surface area (Å²) in [6, 6.07) is 9.17. The molecule has 2 aliphatic rings. The van der Waals surface area contributed by atoms with Crippen LogP contribution in [-0.4, -0.2) is 57.8 Å². The number of hydrogen-bond donors (Lipinski definition) is 3. The van der Waals surface area contributed by atoms with E-state index in [0.29, 0.717) is 36.5 Å². The average Bonchev–Trinajstić information content (AvgIpc) is 3.37. The van der Waals surface area contributed by atoms with Crippen LogP contribution in [0.5, 0.6) is 5.88 Å². The van der Waals surface area contributed by atoms with Gasteiger partial charge in [0, 0.05) is 30.9 Å². The molecule has 0 aliphatic carbocycles. The molecule has 12 heteroatoms. The standard InChI is InChI=1S/C23H27N7O4S/c1-23(2)13-15-5-4-11-24-17-6-3-7-20(25-17)35(33,34)28-22(32)16-8-9-18(26-21(16)29(23)14-15)30-12-10-19(31)27-30/h3,6-10,12,15H,4-5,11,13-14H2,1-2H3,(H,24,25)(H,27,31)(H,28,32)/t15-/m0/s1. The number of anilines is 2. The van der Waals surface area contributed by atoms with Crippen molar-refractivity contribution in [2.45, 2.75) is 43.7 Å². The van der Waals surface area contributed by atoms with Crippen LogP contribution in [0, 0.1) is 5.92 Å². The number of rotatable bonds is 1.